The lowest BCUT2D eigenvalue weighted by atomic mass is 10.00. The van der Waals surface area contributed by atoms with E-state index in [0.717, 1.165) is 31.7 Å². The maximum Gasteiger partial charge on any atom is 0.197 e. The van der Waals surface area contributed by atoms with E-state index in [1.165, 1.54) is 6.07 Å². The van der Waals surface area contributed by atoms with Crippen LogP contribution in [-0.2, 0) is 13.1 Å². The third-order valence-electron chi connectivity index (χ3n) is 5.93. The molecule has 0 aliphatic rings. The van der Waals surface area contributed by atoms with Gasteiger partial charge in [0.15, 0.2) is 11.0 Å². The molecule has 2 N–H and O–H groups in total. The van der Waals surface area contributed by atoms with Crippen molar-refractivity contribution < 1.29 is 14.6 Å². The van der Waals surface area contributed by atoms with Gasteiger partial charge in [-0.15, -0.1) is 0 Å². The zero-order chi connectivity index (χ0) is 22.5. The first-order valence-corrected chi connectivity index (χ1v) is 11.0. The maximum atomic E-state index is 13.1. The molecule has 2 aromatic carbocycles. The number of rotatable bonds is 9. The zero-order valence-electron chi connectivity index (χ0n) is 18.8. The summed E-state index contributed by atoms with van der Waals surface area (Å²) in [5, 5.41) is 22.4. The Hall–Kier alpha value is -2.83. The first-order valence-electron chi connectivity index (χ1n) is 11.0. The summed E-state index contributed by atoms with van der Waals surface area (Å²) >= 11 is 0. The minimum absolute atomic E-state index is 0.00263. The third kappa shape index (κ3) is 4.60. The van der Waals surface area contributed by atoms with E-state index in [-0.39, 0.29) is 27.9 Å². The Labute approximate surface area is 183 Å². The van der Waals surface area contributed by atoms with Gasteiger partial charge in [-0.25, -0.2) is 0 Å². The number of hydrogen-bond donors (Lipinski definition) is 2. The Morgan fingerprint density at radius 3 is 1.90 bits per heavy atom. The summed E-state index contributed by atoms with van der Waals surface area (Å²) in [7, 11) is 0. The number of hydrogen-bond acceptors (Lipinski definition) is 6. The minimum Gasteiger partial charge on any atom is -0.507 e. The van der Waals surface area contributed by atoms with Crippen LogP contribution >= 0.6 is 0 Å². The number of phenols is 2. The fourth-order valence-electron chi connectivity index (χ4n) is 3.87. The number of fused-ring (bicyclic) bond motifs is 1. The molecule has 3 aromatic rings. The Kier molecular flexibility index (Phi) is 7.36. The molecule has 0 aliphatic carbocycles. The molecule has 0 atom stereocenters. The van der Waals surface area contributed by atoms with E-state index in [9.17, 15) is 15.0 Å². The van der Waals surface area contributed by atoms with Crippen molar-refractivity contribution in [3.63, 3.8) is 0 Å². The zero-order valence-corrected chi connectivity index (χ0v) is 18.8. The van der Waals surface area contributed by atoms with Gasteiger partial charge >= 0.3 is 0 Å². The first-order chi connectivity index (χ1) is 14.9. The molecule has 0 unspecified atom stereocenters. The predicted octanol–water partition coefficient (Wildman–Crippen LogP) is 4.55. The summed E-state index contributed by atoms with van der Waals surface area (Å²) < 4.78 is 6.16. The van der Waals surface area contributed by atoms with Crippen LogP contribution in [-0.4, -0.2) is 46.2 Å². The Morgan fingerprint density at radius 1 is 0.806 bits per heavy atom. The van der Waals surface area contributed by atoms with Crippen molar-refractivity contribution in [2.24, 2.45) is 0 Å². The topological polar surface area (TPSA) is 77.2 Å². The van der Waals surface area contributed by atoms with Gasteiger partial charge in [0.05, 0.1) is 11.1 Å². The summed E-state index contributed by atoms with van der Waals surface area (Å²) in [6, 6.07) is 10.8. The van der Waals surface area contributed by atoms with E-state index in [1.807, 2.05) is 58.0 Å². The molecule has 0 amide bonds. The van der Waals surface area contributed by atoms with Gasteiger partial charge in [0.1, 0.15) is 22.6 Å². The van der Waals surface area contributed by atoms with Crippen molar-refractivity contribution in [3.8, 4) is 22.8 Å². The molecule has 0 fully saturated rings. The quantitative estimate of drug-likeness (QED) is 0.525. The molecular formula is C25H32N2O4. The van der Waals surface area contributed by atoms with Crippen molar-refractivity contribution in [1.82, 2.24) is 9.80 Å². The molecule has 3 rings (SSSR count). The molecule has 1 aromatic heterocycles. The van der Waals surface area contributed by atoms with Crippen LogP contribution in [0.2, 0.25) is 0 Å². The summed E-state index contributed by atoms with van der Waals surface area (Å²) in [6.07, 6.45) is 0. The van der Waals surface area contributed by atoms with Gasteiger partial charge in [-0.05, 0) is 26.2 Å². The molecule has 31 heavy (non-hydrogen) atoms. The monoisotopic (exact) mass is 424 g/mol. The molecule has 0 spiro atoms. The van der Waals surface area contributed by atoms with Crippen LogP contribution in [0.15, 0.2) is 45.6 Å². The van der Waals surface area contributed by atoms with Gasteiger partial charge in [-0.2, -0.15) is 0 Å². The smallest absolute Gasteiger partial charge is 0.197 e. The van der Waals surface area contributed by atoms with Gasteiger partial charge in [0.2, 0.25) is 0 Å². The minimum atomic E-state index is -0.320. The second-order valence-corrected chi connectivity index (χ2v) is 7.62. The molecule has 166 valence electrons. The fraction of sp³-hybridized carbons (Fsp3) is 0.400. The Bertz CT molecular complexity index is 1080. The largest absolute Gasteiger partial charge is 0.507 e. The van der Waals surface area contributed by atoms with Crippen LogP contribution in [0.3, 0.4) is 0 Å². The molecule has 0 saturated heterocycles. The van der Waals surface area contributed by atoms with E-state index in [0.29, 0.717) is 30.0 Å². The highest BCUT2D eigenvalue weighted by atomic mass is 16.3. The summed E-state index contributed by atoms with van der Waals surface area (Å²) in [5.74, 6) is 0.211. The lowest BCUT2D eigenvalue weighted by Gasteiger charge is -2.24. The molecule has 6 nitrogen and oxygen atoms in total. The van der Waals surface area contributed by atoms with E-state index in [2.05, 4.69) is 9.80 Å². The Morgan fingerprint density at radius 2 is 1.35 bits per heavy atom. The molecule has 0 saturated carbocycles. The van der Waals surface area contributed by atoms with Crippen LogP contribution in [0.4, 0.5) is 0 Å². The van der Waals surface area contributed by atoms with Crippen LogP contribution in [0.5, 0.6) is 11.5 Å². The van der Waals surface area contributed by atoms with Crippen molar-refractivity contribution in [3.05, 3.63) is 57.7 Å². The van der Waals surface area contributed by atoms with Crippen LogP contribution in [0.25, 0.3) is 22.3 Å². The van der Waals surface area contributed by atoms with Crippen molar-refractivity contribution >= 4 is 11.0 Å². The Balaban J connectivity index is 2.32. The van der Waals surface area contributed by atoms with Crippen molar-refractivity contribution in [2.75, 3.05) is 26.2 Å². The highest BCUT2D eigenvalue weighted by Gasteiger charge is 2.25. The molecule has 6 heteroatoms. The van der Waals surface area contributed by atoms with Crippen LogP contribution < -0.4 is 5.43 Å². The van der Waals surface area contributed by atoms with Gasteiger partial charge in [-0.3, -0.25) is 14.6 Å². The predicted molar refractivity (Wildman–Crippen MR) is 124 cm³/mol. The van der Waals surface area contributed by atoms with Crippen LogP contribution in [0, 0.1) is 0 Å². The van der Waals surface area contributed by atoms with E-state index in [1.54, 1.807) is 0 Å². The number of benzene rings is 2. The molecule has 0 aliphatic heterocycles. The van der Waals surface area contributed by atoms with Gasteiger partial charge in [-0.1, -0.05) is 58.0 Å². The van der Waals surface area contributed by atoms with E-state index < -0.39 is 0 Å². The standard InChI is InChI=1S/C25H32N2O4/c1-5-26(6-2)15-18-23(29)19(16-27(7-3)8-4)25-22(24(18)30)20(28)14-21(31-25)17-12-10-9-11-13-17/h9-14,29-30H,5-8,15-16H2,1-4H3. The normalized spacial score (nSPS) is 11.7. The van der Waals surface area contributed by atoms with Gasteiger partial charge in [0.25, 0.3) is 0 Å². The molecular weight excluding hydrogens is 392 g/mol. The summed E-state index contributed by atoms with van der Waals surface area (Å²) in [6.45, 7) is 12.0. The van der Waals surface area contributed by atoms with Crippen molar-refractivity contribution in [1.29, 1.82) is 0 Å². The van der Waals surface area contributed by atoms with Gasteiger partial charge in [0, 0.05) is 24.7 Å². The van der Waals surface area contributed by atoms with Gasteiger partial charge < -0.3 is 14.6 Å². The lowest BCUT2D eigenvalue weighted by molar-refractivity contribution is 0.277. The maximum absolute atomic E-state index is 13.1. The second-order valence-electron chi connectivity index (χ2n) is 7.62. The first kappa shape index (κ1) is 22.8. The second kappa shape index (κ2) is 9.98. The highest BCUT2D eigenvalue weighted by Crippen LogP contribution is 2.41. The van der Waals surface area contributed by atoms with Crippen LogP contribution in [0.1, 0.15) is 38.8 Å². The summed E-state index contributed by atoms with van der Waals surface area (Å²) in [4.78, 5) is 17.4. The van der Waals surface area contributed by atoms with Crippen molar-refractivity contribution in [2.45, 2.75) is 40.8 Å². The highest BCUT2D eigenvalue weighted by molar-refractivity contribution is 5.91. The number of nitrogens with zero attached hydrogens (tertiary/aromatic N) is 2. The summed E-state index contributed by atoms with van der Waals surface area (Å²) in [5.41, 5.74) is 1.60. The number of phenolic OH excluding ortho intramolecular Hbond substituents is 2. The van der Waals surface area contributed by atoms with E-state index >= 15 is 0 Å². The van der Waals surface area contributed by atoms with E-state index in [4.69, 9.17) is 4.42 Å². The SMILES string of the molecule is CCN(CC)Cc1c(O)c(CN(CC)CC)c2oc(-c3ccccc3)cc(=O)c2c1O. The molecule has 1 heterocycles. The average Bonchev–Trinajstić information content (AvgIpc) is 2.79. The number of aromatic hydroxyl groups is 2. The third-order valence-corrected chi connectivity index (χ3v) is 5.93. The average molecular weight is 425 g/mol. The molecule has 0 radical (unpaired) electrons. The lowest BCUT2D eigenvalue weighted by Crippen LogP contribution is -2.24. The molecule has 0 bridgehead atoms. The fourth-order valence-corrected chi connectivity index (χ4v) is 3.87.